The maximum Gasteiger partial charge on any atom is 0.257 e. The third kappa shape index (κ3) is 4.32. The van der Waals surface area contributed by atoms with Gasteiger partial charge >= 0.3 is 0 Å². The lowest BCUT2D eigenvalue weighted by Gasteiger charge is -2.26. The van der Waals surface area contributed by atoms with Crippen LogP contribution in [0.2, 0.25) is 5.02 Å². The molecule has 0 aromatic heterocycles. The number of amides is 1. The molecule has 0 radical (unpaired) electrons. The van der Waals surface area contributed by atoms with Gasteiger partial charge in [0.1, 0.15) is 10.6 Å². The molecule has 1 N–H and O–H groups in total. The number of rotatable bonds is 5. The van der Waals surface area contributed by atoms with Crippen molar-refractivity contribution < 1.29 is 17.9 Å². The molecule has 1 heterocycles. The zero-order valence-electron chi connectivity index (χ0n) is 15.9. The zero-order chi connectivity index (χ0) is 20.3. The molecular weight excluding hydrogens is 400 g/mol. The first-order valence-corrected chi connectivity index (χ1v) is 10.9. The van der Waals surface area contributed by atoms with Crippen molar-refractivity contribution in [1.29, 1.82) is 0 Å². The zero-order valence-corrected chi connectivity index (χ0v) is 17.4. The fourth-order valence-corrected chi connectivity index (χ4v) is 5.22. The van der Waals surface area contributed by atoms with Gasteiger partial charge in [0, 0.05) is 18.8 Å². The summed E-state index contributed by atoms with van der Waals surface area (Å²) >= 11 is 6.16. The van der Waals surface area contributed by atoms with E-state index in [1.54, 1.807) is 30.3 Å². The molecule has 150 valence electrons. The van der Waals surface area contributed by atoms with E-state index in [0.29, 0.717) is 29.4 Å². The number of halogens is 1. The second-order valence-electron chi connectivity index (χ2n) is 6.77. The predicted molar refractivity (Wildman–Crippen MR) is 110 cm³/mol. The van der Waals surface area contributed by atoms with Crippen LogP contribution in [-0.2, 0) is 10.0 Å². The molecule has 1 aliphatic rings. The Hall–Kier alpha value is -2.09. The van der Waals surface area contributed by atoms with Gasteiger partial charge in [-0.1, -0.05) is 24.1 Å². The highest BCUT2D eigenvalue weighted by atomic mass is 35.5. The van der Waals surface area contributed by atoms with Crippen molar-refractivity contribution in [1.82, 2.24) is 4.31 Å². The smallest absolute Gasteiger partial charge is 0.257 e. The van der Waals surface area contributed by atoms with Crippen LogP contribution in [0.25, 0.3) is 0 Å². The van der Waals surface area contributed by atoms with Crippen molar-refractivity contribution in [2.45, 2.75) is 31.1 Å². The van der Waals surface area contributed by atoms with E-state index in [9.17, 15) is 13.2 Å². The number of piperidine rings is 1. The molecule has 0 saturated carbocycles. The maximum atomic E-state index is 13.1. The Morgan fingerprint density at radius 3 is 2.46 bits per heavy atom. The third-order valence-electron chi connectivity index (χ3n) is 4.72. The second-order valence-corrected chi connectivity index (χ2v) is 9.08. The minimum atomic E-state index is -3.71. The molecule has 0 bridgehead atoms. The van der Waals surface area contributed by atoms with Crippen molar-refractivity contribution in [3.63, 3.8) is 0 Å². The van der Waals surface area contributed by atoms with Crippen molar-refractivity contribution in [2.75, 3.05) is 25.5 Å². The third-order valence-corrected chi connectivity index (χ3v) is 6.96. The molecule has 28 heavy (non-hydrogen) atoms. The van der Waals surface area contributed by atoms with Crippen LogP contribution in [0.1, 0.15) is 35.2 Å². The Morgan fingerprint density at radius 1 is 1.11 bits per heavy atom. The van der Waals surface area contributed by atoms with Gasteiger partial charge in [0.05, 0.1) is 17.7 Å². The summed E-state index contributed by atoms with van der Waals surface area (Å²) in [5.74, 6) is -0.159. The topological polar surface area (TPSA) is 75.7 Å². The van der Waals surface area contributed by atoms with Crippen LogP contribution in [0, 0.1) is 6.92 Å². The lowest BCUT2D eigenvalue weighted by atomic mass is 10.1. The molecule has 0 unspecified atom stereocenters. The first-order chi connectivity index (χ1) is 13.3. The second kappa shape index (κ2) is 8.51. The Bertz CT molecular complexity index is 986. The van der Waals surface area contributed by atoms with Gasteiger partial charge in [0.15, 0.2) is 0 Å². The lowest BCUT2D eigenvalue weighted by molar-refractivity contribution is 0.102. The molecule has 8 heteroatoms. The SMILES string of the molecule is COc1ccc(NC(=O)c2ccc(C)cc2Cl)cc1S(=O)(=O)N1CCCCC1. The predicted octanol–water partition coefficient (Wildman–Crippen LogP) is 4.08. The van der Waals surface area contributed by atoms with Gasteiger partial charge in [-0.05, 0) is 55.7 Å². The fraction of sp³-hybridized carbons (Fsp3) is 0.350. The van der Waals surface area contributed by atoms with Gasteiger partial charge in [-0.3, -0.25) is 4.79 Å². The standard InChI is InChI=1S/C20H23ClN2O4S/c1-14-6-8-16(17(21)12-14)20(24)22-15-7-9-18(27-2)19(13-15)28(25,26)23-10-4-3-5-11-23/h6-9,12-13H,3-5,10-11H2,1-2H3,(H,22,24). The summed E-state index contributed by atoms with van der Waals surface area (Å²) in [6, 6.07) is 9.72. The van der Waals surface area contributed by atoms with Crippen molar-refractivity contribution in [2.24, 2.45) is 0 Å². The summed E-state index contributed by atoms with van der Waals surface area (Å²) in [4.78, 5) is 12.6. The van der Waals surface area contributed by atoms with E-state index in [0.717, 1.165) is 24.8 Å². The molecule has 0 atom stereocenters. The average molecular weight is 423 g/mol. The Balaban J connectivity index is 1.91. The van der Waals surface area contributed by atoms with Crippen LogP contribution in [0.3, 0.4) is 0 Å². The quantitative estimate of drug-likeness (QED) is 0.787. The number of aryl methyl sites for hydroxylation is 1. The molecule has 0 aliphatic carbocycles. The number of nitrogens with one attached hydrogen (secondary N) is 1. The van der Waals surface area contributed by atoms with Gasteiger partial charge in [0.2, 0.25) is 10.0 Å². The number of sulfonamides is 1. The minimum Gasteiger partial charge on any atom is -0.495 e. The summed E-state index contributed by atoms with van der Waals surface area (Å²) in [6.07, 6.45) is 2.70. The molecule has 3 rings (SSSR count). The van der Waals surface area contributed by atoms with Crippen LogP contribution in [-0.4, -0.2) is 38.8 Å². The number of benzene rings is 2. The molecule has 2 aromatic rings. The number of ether oxygens (including phenoxy) is 1. The normalized spacial score (nSPS) is 15.2. The van der Waals surface area contributed by atoms with Crippen molar-refractivity contribution >= 4 is 33.2 Å². The first kappa shape index (κ1) is 20.6. The van der Waals surface area contributed by atoms with Gasteiger partial charge in [-0.2, -0.15) is 4.31 Å². The number of carbonyl (C=O) groups is 1. The van der Waals surface area contributed by atoms with E-state index in [1.165, 1.54) is 17.5 Å². The van der Waals surface area contributed by atoms with E-state index in [4.69, 9.17) is 16.3 Å². The first-order valence-electron chi connectivity index (χ1n) is 9.08. The van der Waals surface area contributed by atoms with Crippen LogP contribution >= 0.6 is 11.6 Å². The number of hydrogen-bond acceptors (Lipinski definition) is 4. The van der Waals surface area contributed by atoms with Gasteiger partial charge in [-0.25, -0.2) is 8.42 Å². The number of carbonyl (C=O) groups excluding carboxylic acids is 1. The Labute approximate surface area is 170 Å². The molecular formula is C20H23ClN2O4S. The van der Waals surface area contributed by atoms with Crippen LogP contribution in [0.15, 0.2) is 41.3 Å². The highest BCUT2D eigenvalue weighted by Gasteiger charge is 2.29. The van der Waals surface area contributed by atoms with E-state index in [-0.39, 0.29) is 10.6 Å². The van der Waals surface area contributed by atoms with Crippen LogP contribution in [0.5, 0.6) is 5.75 Å². The average Bonchev–Trinajstić information content (AvgIpc) is 2.68. The number of nitrogens with zero attached hydrogens (tertiary/aromatic N) is 1. The maximum absolute atomic E-state index is 13.1. The number of hydrogen-bond donors (Lipinski definition) is 1. The summed E-state index contributed by atoms with van der Waals surface area (Å²) in [6.45, 7) is 2.86. The molecule has 1 saturated heterocycles. The summed E-state index contributed by atoms with van der Waals surface area (Å²) < 4.78 is 32.9. The molecule has 1 fully saturated rings. The summed E-state index contributed by atoms with van der Waals surface area (Å²) in [7, 11) is -2.29. The number of anilines is 1. The summed E-state index contributed by atoms with van der Waals surface area (Å²) in [5, 5.41) is 3.06. The minimum absolute atomic E-state index is 0.0460. The highest BCUT2D eigenvalue weighted by molar-refractivity contribution is 7.89. The van der Waals surface area contributed by atoms with Gasteiger partial charge in [0.25, 0.3) is 5.91 Å². The van der Waals surface area contributed by atoms with Gasteiger partial charge < -0.3 is 10.1 Å². The Kier molecular flexibility index (Phi) is 6.27. The highest BCUT2D eigenvalue weighted by Crippen LogP contribution is 2.31. The number of methoxy groups -OCH3 is 1. The Morgan fingerprint density at radius 2 is 1.82 bits per heavy atom. The van der Waals surface area contributed by atoms with Crippen molar-refractivity contribution in [3.8, 4) is 5.75 Å². The molecule has 2 aromatic carbocycles. The molecule has 6 nitrogen and oxygen atoms in total. The van der Waals surface area contributed by atoms with E-state index in [2.05, 4.69) is 5.32 Å². The van der Waals surface area contributed by atoms with Crippen molar-refractivity contribution in [3.05, 3.63) is 52.5 Å². The fourth-order valence-electron chi connectivity index (χ4n) is 3.20. The van der Waals surface area contributed by atoms with Gasteiger partial charge in [-0.15, -0.1) is 0 Å². The molecule has 1 amide bonds. The largest absolute Gasteiger partial charge is 0.495 e. The van der Waals surface area contributed by atoms with E-state index >= 15 is 0 Å². The monoisotopic (exact) mass is 422 g/mol. The summed E-state index contributed by atoms with van der Waals surface area (Å²) in [5.41, 5.74) is 1.63. The lowest BCUT2D eigenvalue weighted by Crippen LogP contribution is -2.35. The van der Waals surface area contributed by atoms with Crippen LogP contribution in [0.4, 0.5) is 5.69 Å². The molecule has 1 aliphatic heterocycles. The van der Waals surface area contributed by atoms with E-state index < -0.39 is 15.9 Å². The van der Waals surface area contributed by atoms with E-state index in [1.807, 2.05) is 6.92 Å². The molecule has 0 spiro atoms. The van der Waals surface area contributed by atoms with Crippen LogP contribution < -0.4 is 10.1 Å².